The number of nitrogens with zero attached hydrogens (tertiary/aromatic N) is 7. The van der Waals surface area contributed by atoms with E-state index in [1.807, 2.05) is 18.2 Å². The van der Waals surface area contributed by atoms with E-state index in [0.29, 0.717) is 54.9 Å². The second kappa shape index (κ2) is 8.92. The van der Waals surface area contributed by atoms with Crippen LogP contribution >= 0.6 is 0 Å². The van der Waals surface area contributed by atoms with Crippen molar-refractivity contribution in [3.05, 3.63) is 47.9 Å². The molecule has 5 rings (SSSR count). The van der Waals surface area contributed by atoms with Gasteiger partial charge in [-0.2, -0.15) is 5.26 Å². The molecule has 0 saturated carbocycles. The number of piperidine rings is 1. The third-order valence-electron chi connectivity index (χ3n) is 6.62. The number of rotatable bonds is 3. The van der Waals surface area contributed by atoms with Gasteiger partial charge >= 0.3 is 6.03 Å². The molecule has 0 bridgehead atoms. The van der Waals surface area contributed by atoms with E-state index < -0.39 is 6.10 Å². The van der Waals surface area contributed by atoms with E-state index >= 15 is 0 Å². The predicted octanol–water partition coefficient (Wildman–Crippen LogP) is 2.31. The van der Waals surface area contributed by atoms with Gasteiger partial charge in [0.05, 0.1) is 23.4 Å². The quantitative estimate of drug-likeness (QED) is 0.621. The highest BCUT2D eigenvalue weighted by Gasteiger charge is 2.38. The Morgan fingerprint density at radius 3 is 2.60 bits per heavy atom. The molecule has 0 aliphatic carbocycles. The van der Waals surface area contributed by atoms with Crippen LogP contribution in [0.3, 0.4) is 0 Å². The number of hydrogen-bond acceptors (Lipinski definition) is 7. The fourth-order valence-corrected chi connectivity index (χ4v) is 4.80. The number of carbonyl (C=O) groups excluding carboxylic acids is 2. The van der Waals surface area contributed by atoms with Gasteiger partial charge in [-0.15, -0.1) is 0 Å². The summed E-state index contributed by atoms with van der Waals surface area (Å²) in [5.74, 6) is -0.289. The Hall–Kier alpha value is -4.10. The molecule has 0 radical (unpaired) electrons. The molecule has 5 heterocycles. The fraction of sp³-hybridized carbons (Fsp3) is 0.360. The zero-order valence-electron chi connectivity index (χ0n) is 19.5. The summed E-state index contributed by atoms with van der Waals surface area (Å²) < 4.78 is 0. The molecule has 35 heavy (non-hydrogen) atoms. The van der Waals surface area contributed by atoms with Gasteiger partial charge in [0.15, 0.2) is 0 Å². The molecule has 0 aromatic carbocycles. The highest BCUT2D eigenvalue weighted by molar-refractivity contribution is 6.04. The minimum atomic E-state index is -1.04. The van der Waals surface area contributed by atoms with Crippen LogP contribution in [-0.2, 0) is 11.3 Å². The van der Waals surface area contributed by atoms with E-state index in [-0.39, 0.29) is 18.0 Å². The van der Waals surface area contributed by atoms with Crippen molar-refractivity contribution >= 4 is 28.7 Å². The molecule has 2 aliphatic rings. The van der Waals surface area contributed by atoms with Crippen LogP contribution in [0.2, 0.25) is 0 Å². The van der Waals surface area contributed by atoms with E-state index in [2.05, 4.69) is 9.97 Å². The van der Waals surface area contributed by atoms with Crippen LogP contribution in [0, 0.1) is 11.3 Å². The lowest BCUT2D eigenvalue weighted by molar-refractivity contribution is -0.140. The van der Waals surface area contributed by atoms with Crippen molar-refractivity contribution in [3.8, 4) is 17.3 Å². The van der Waals surface area contributed by atoms with Gasteiger partial charge in [-0.1, -0.05) is 0 Å². The minimum Gasteiger partial charge on any atom is -0.384 e. The van der Waals surface area contributed by atoms with Crippen LogP contribution in [0.4, 0.5) is 10.5 Å². The highest BCUT2D eigenvalue weighted by atomic mass is 16.3. The van der Waals surface area contributed by atoms with Gasteiger partial charge < -0.3 is 14.9 Å². The van der Waals surface area contributed by atoms with Crippen LogP contribution in [0.15, 0.2) is 36.7 Å². The lowest BCUT2D eigenvalue weighted by Gasteiger charge is -2.43. The van der Waals surface area contributed by atoms with Gasteiger partial charge in [-0.25, -0.2) is 14.8 Å². The summed E-state index contributed by atoms with van der Waals surface area (Å²) in [7, 11) is 1.76. The zero-order valence-corrected chi connectivity index (χ0v) is 19.5. The molecule has 178 valence electrons. The van der Waals surface area contributed by atoms with Crippen LogP contribution in [0.1, 0.15) is 31.0 Å². The molecule has 1 N–H and O–H groups in total. The monoisotopic (exact) mass is 471 g/mol. The zero-order chi connectivity index (χ0) is 24.7. The van der Waals surface area contributed by atoms with Gasteiger partial charge in [-0.05, 0) is 44.0 Å². The molecule has 10 heteroatoms. The second-order valence-corrected chi connectivity index (χ2v) is 8.98. The largest absolute Gasteiger partial charge is 0.384 e. The molecule has 0 spiro atoms. The van der Waals surface area contributed by atoms with Crippen molar-refractivity contribution in [2.45, 2.75) is 38.5 Å². The Morgan fingerprint density at radius 2 is 1.94 bits per heavy atom. The number of aromatic nitrogens is 3. The van der Waals surface area contributed by atoms with Gasteiger partial charge in [0.2, 0.25) is 0 Å². The Morgan fingerprint density at radius 1 is 1.17 bits per heavy atom. The number of pyridine rings is 3. The van der Waals surface area contributed by atoms with E-state index in [1.165, 1.54) is 6.92 Å². The summed E-state index contributed by atoms with van der Waals surface area (Å²) >= 11 is 0. The second-order valence-electron chi connectivity index (χ2n) is 8.98. The summed E-state index contributed by atoms with van der Waals surface area (Å²) in [6.07, 6.45) is 3.57. The third kappa shape index (κ3) is 4.04. The molecule has 1 unspecified atom stereocenters. The molecule has 3 amide bonds. The number of hydrogen-bond donors (Lipinski definition) is 1. The van der Waals surface area contributed by atoms with E-state index in [4.69, 9.17) is 10.2 Å². The average Bonchev–Trinajstić information content (AvgIpc) is 2.89. The molecular weight excluding hydrogens is 446 g/mol. The number of amides is 3. The standard InChI is InChI=1S/C25H25N7O3/c1-15(33)24(34)31-9-7-19(8-10-31)32-23-17(14-30(2)25(32)35)13-28-21-6-5-20(29-22(21)23)16-3-4-18(11-26)27-12-16/h3-6,12-13,15,19,33H,7-10,14H2,1-2H3. The summed E-state index contributed by atoms with van der Waals surface area (Å²) in [5.41, 5.74) is 4.74. The SMILES string of the molecule is CC(O)C(=O)N1CCC(N2C(=O)N(C)Cc3cnc4ccc(-c5ccc(C#N)nc5)nc4c32)CC1. The first-order chi connectivity index (χ1) is 16.9. The first-order valence-electron chi connectivity index (χ1n) is 11.5. The van der Waals surface area contributed by atoms with Crippen molar-refractivity contribution in [1.82, 2.24) is 24.8 Å². The first-order valence-corrected chi connectivity index (χ1v) is 11.5. The Balaban J connectivity index is 1.55. The number of aliphatic hydroxyl groups excluding tert-OH is 1. The fourth-order valence-electron chi connectivity index (χ4n) is 4.80. The summed E-state index contributed by atoms with van der Waals surface area (Å²) in [4.78, 5) is 44.4. The van der Waals surface area contributed by atoms with Crippen molar-refractivity contribution in [1.29, 1.82) is 5.26 Å². The van der Waals surface area contributed by atoms with E-state index in [9.17, 15) is 14.7 Å². The van der Waals surface area contributed by atoms with E-state index in [0.717, 1.165) is 16.8 Å². The summed E-state index contributed by atoms with van der Waals surface area (Å²) in [5, 5.41) is 18.7. The predicted molar refractivity (Wildman–Crippen MR) is 128 cm³/mol. The number of anilines is 1. The maximum Gasteiger partial charge on any atom is 0.324 e. The molecule has 1 atom stereocenters. The van der Waals surface area contributed by atoms with Crippen LogP contribution in [0.5, 0.6) is 0 Å². The summed E-state index contributed by atoms with van der Waals surface area (Å²) in [6.45, 7) is 2.84. The number of aliphatic hydroxyl groups is 1. The number of nitriles is 1. The Labute approximate surface area is 202 Å². The Kier molecular flexibility index (Phi) is 5.78. The normalized spacial score (nSPS) is 17.3. The van der Waals surface area contributed by atoms with Crippen LogP contribution in [-0.4, -0.2) is 74.1 Å². The Bertz CT molecular complexity index is 1340. The molecule has 2 aliphatic heterocycles. The number of urea groups is 1. The van der Waals surface area contributed by atoms with Crippen LogP contribution < -0.4 is 4.90 Å². The van der Waals surface area contributed by atoms with Gasteiger partial charge in [0.25, 0.3) is 5.91 Å². The highest BCUT2D eigenvalue weighted by Crippen LogP contribution is 2.37. The van der Waals surface area contributed by atoms with Gasteiger partial charge in [-0.3, -0.25) is 14.7 Å². The summed E-state index contributed by atoms with van der Waals surface area (Å²) in [6, 6.07) is 8.96. The topological polar surface area (TPSA) is 127 Å². The smallest absolute Gasteiger partial charge is 0.324 e. The lowest BCUT2D eigenvalue weighted by atomic mass is 9.99. The molecule has 1 saturated heterocycles. The van der Waals surface area contributed by atoms with E-state index in [1.54, 1.807) is 46.3 Å². The minimum absolute atomic E-state index is 0.113. The molecule has 3 aromatic rings. The van der Waals surface area contributed by atoms with Gasteiger partial charge in [0.1, 0.15) is 23.4 Å². The number of carbonyl (C=O) groups is 2. The van der Waals surface area contributed by atoms with Crippen molar-refractivity contribution in [2.24, 2.45) is 0 Å². The number of likely N-dealkylation sites (tertiary alicyclic amines) is 1. The maximum absolute atomic E-state index is 13.4. The van der Waals surface area contributed by atoms with Crippen molar-refractivity contribution in [3.63, 3.8) is 0 Å². The van der Waals surface area contributed by atoms with Crippen molar-refractivity contribution < 1.29 is 14.7 Å². The third-order valence-corrected chi connectivity index (χ3v) is 6.62. The molecule has 3 aromatic heterocycles. The number of fused-ring (bicyclic) bond motifs is 3. The van der Waals surface area contributed by atoms with Gasteiger partial charge in [0, 0.05) is 49.7 Å². The van der Waals surface area contributed by atoms with Crippen LogP contribution in [0.25, 0.3) is 22.3 Å². The first kappa shape index (κ1) is 22.7. The molecule has 10 nitrogen and oxygen atoms in total. The average molecular weight is 472 g/mol. The lowest BCUT2D eigenvalue weighted by Crippen LogP contribution is -2.55. The maximum atomic E-state index is 13.4. The molecule has 1 fully saturated rings. The van der Waals surface area contributed by atoms with Crippen molar-refractivity contribution in [2.75, 3.05) is 25.0 Å². The molecular formula is C25H25N7O3.